The fourth-order valence-electron chi connectivity index (χ4n) is 1.80. The molecule has 4 nitrogen and oxygen atoms in total. The van der Waals surface area contributed by atoms with Gasteiger partial charge in [0.2, 0.25) is 0 Å². The second kappa shape index (κ2) is 5.41. The number of nitrogens with zero attached hydrogens (tertiary/aromatic N) is 2. The van der Waals surface area contributed by atoms with E-state index in [1.54, 1.807) is 16.8 Å². The highest BCUT2D eigenvalue weighted by Crippen LogP contribution is 2.15. The van der Waals surface area contributed by atoms with E-state index in [-0.39, 0.29) is 11.6 Å². The third-order valence-corrected chi connectivity index (χ3v) is 2.76. The molecule has 0 fully saturated rings. The maximum atomic E-state index is 11.5. The van der Waals surface area contributed by atoms with Crippen molar-refractivity contribution >= 4 is 0 Å². The van der Waals surface area contributed by atoms with Crippen molar-refractivity contribution in [2.75, 3.05) is 6.54 Å². The van der Waals surface area contributed by atoms with Crippen molar-refractivity contribution in [3.05, 3.63) is 64.8 Å². The lowest BCUT2D eigenvalue weighted by Gasteiger charge is -2.16. The van der Waals surface area contributed by atoms with Gasteiger partial charge in [-0.15, -0.1) is 0 Å². The lowest BCUT2D eigenvalue weighted by atomic mass is 9.99. The highest BCUT2D eigenvalue weighted by Gasteiger charge is 2.10. The van der Waals surface area contributed by atoms with Gasteiger partial charge < -0.3 is 5.73 Å². The lowest BCUT2D eigenvalue weighted by molar-refractivity contribution is 0.543. The van der Waals surface area contributed by atoms with Crippen LogP contribution in [0.2, 0.25) is 0 Å². The Balaban J connectivity index is 2.22. The number of nitrogens with two attached hydrogens (primary N) is 1. The molecular formula is C13H15N3O. The predicted octanol–water partition coefficient (Wildman–Crippen LogP) is 0.986. The first-order valence-corrected chi connectivity index (χ1v) is 5.57. The van der Waals surface area contributed by atoms with Crippen LogP contribution in [-0.2, 0) is 6.54 Å². The summed E-state index contributed by atoms with van der Waals surface area (Å²) < 4.78 is 1.59. The van der Waals surface area contributed by atoms with Crippen molar-refractivity contribution in [3.8, 4) is 0 Å². The third kappa shape index (κ3) is 2.79. The Labute approximate surface area is 99.7 Å². The summed E-state index contributed by atoms with van der Waals surface area (Å²) in [7, 11) is 0. The number of aromatic nitrogens is 2. The molecule has 2 rings (SSSR count). The van der Waals surface area contributed by atoms with Gasteiger partial charge >= 0.3 is 5.69 Å². The maximum Gasteiger partial charge on any atom is 0.347 e. The zero-order valence-corrected chi connectivity index (χ0v) is 9.49. The molecule has 17 heavy (non-hydrogen) atoms. The fraction of sp³-hybridized carbons (Fsp3) is 0.231. The first-order chi connectivity index (χ1) is 8.31. The fourth-order valence-corrected chi connectivity index (χ4v) is 1.80. The quantitative estimate of drug-likeness (QED) is 0.850. The predicted molar refractivity (Wildman–Crippen MR) is 66.7 cm³/mol. The molecule has 0 saturated carbocycles. The second-order valence-corrected chi connectivity index (χ2v) is 3.90. The number of hydrogen-bond acceptors (Lipinski definition) is 3. The molecule has 4 heteroatoms. The standard InChI is InChI=1S/C13H15N3O/c14-9-12(11-5-2-1-3-6-11)10-16-8-4-7-15-13(16)17/h1-8,12H,9-10,14H2. The zero-order valence-electron chi connectivity index (χ0n) is 9.49. The van der Waals surface area contributed by atoms with Crippen molar-refractivity contribution in [1.82, 2.24) is 9.55 Å². The Hall–Kier alpha value is -1.94. The Morgan fingerprint density at radius 3 is 2.65 bits per heavy atom. The molecule has 0 spiro atoms. The lowest BCUT2D eigenvalue weighted by Crippen LogP contribution is -2.27. The first kappa shape index (κ1) is 11.5. The first-order valence-electron chi connectivity index (χ1n) is 5.57. The van der Waals surface area contributed by atoms with Crippen LogP contribution in [0.15, 0.2) is 53.6 Å². The largest absolute Gasteiger partial charge is 0.347 e. The van der Waals surface area contributed by atoms with E-state index in [4.69, 9.17) is 5.73 Å². The molecule has 2 aromatic rings. The van der Waals surface area contributed by atoms with Crippen LogP contribution in [-0.4, -0.2) is 16.1 Å². The summed E-state index contributed by atoms with van der Waals surface area (Å²) >= 11 is 0. The molecule has 1 aromatic heterocycles. The zero-order chi connectivity index (χ0) is 12.1. The minimum absolute atomic E-state index is 0.137. The minimum atomic E-state index is -0.234. The molecule has 1 heterocycles. The maximum absolute atomic E-state index is 11.5. The highest BCUT2D eigenvalue weighted by atomic mass is 16.1. The van der Waals surface area contributed by atoms with E-state index in [1.807, 2.05) is 30.3 Å². The van der Waals surface area contributed by atoms with Crippen LogP contribution in [0, 0.1) is 0 Å². The molecule has 0 aliphatic heterocycles. The Morgan fingerprint density at radius 1 is 1.24 bits per heavy atom. The normalized spacial score (nSPS) is 12.3. The van der Waals surface area contributed by atoms with E-state index in [2.05, 4.69) is 4.98 Å². The average Bonchev–Trinajstić information content (AvgIpc) is 2.39. The summed E-state index contributed by atoms with van der Waals surface area (Å²) in [4.78, 5) is 15.2. The van der Waals surface area contributed by atoms with E-state index >= 15 is 0 Å². The number of benzene rings is 1. The van der Waals surface area contributed by atoms with Gasteiger partial charge in [0.15, 0.2) is 0 Å². The molecule has 0 aliphatic carbocycles. The van der Waals surface area contributed by atoms with Crippen molar-refractivity contribution in [3.63, 3.8) is 0 Å². The summed E-state index contributed by atoms with van der Waals surface area (Å²) in [6, 6.07) is 11.7. The molecule has 1 aromatic carbocycles. The molecule has 0 bridgehead atoms. The van der Waals surface area contributed by atoms with Crippen molar-refractivity contribution in [2.24, 2.45) is 5.73 Å². The van der Waals surface area contributed by atoms with Crippen LogP contribution in [0.3, 0.4) is 0 Å². The van der Waals surface area contributed by atoms with Gasteiger partial charge in [0.1, 0.15) is 0 Å². The Kier molecular flexibility index (Phi) is 3.67. The van der Waals surface area contributed by atoms with Crippen LogP contribution in [0.1, 0.15) is 11.5 Å². The summed E-state index contributed by atoms with van der Waals surface area (Å²) in [5.74, 6) is 0.137. The molecule has 1 unspecified atom stereocenters. The Bertz CT molecular complexity index is 521. The van der Waals surface area contributed by atoms with Crippen LogP contribution in [0.5, 0.6) is 0 Å². The summed E-state index contributed by atoms with van der Waals surface area (Å²) in [6.45, 7) is 1.07. The molecule has 0 radical (unpaired) electrons. The van der Waals surface area contributed by atoms with E-state index in [0.29, 0.717) is 13.1 Å². The molecule has 0 aliphatic rings. The third-order valence-electron chi connectivity index (χ3n) is 2.76. The topological polar surface area (TPSA) is 60.9 Å². The molecular weight excluding hydrogens is 214 g/mol. The van der Waals surface area contributed by atoms with Crippen LogP contribution in [0.25, 0.3) is 0 Å². The molecule has 88 valence electrons. The van der Waals surface area contributed by atoms with Gasteiger partial charge in [0, 0.05) is 31.4 Å². The SMILES string of the molecule is NCC(Cn1cccnc1=O)c1ccccc1. The summed E-state index contributed by atoms with van der Waals surface area (Å²) in [5, 5.41) is 0. The van der Waals surface area contributed by atoms with Gasteiger partial charge in [-0.3, -0.25) is 4.57 Å². The van der Waals surface area contributed by atoms with Gasteiger partial charge in [0.05, 0.1) is 0 Å². The van der Waals surface area contributed by atoms with Gasteiger partial charge in [0.25, 0.3) is 0 Å². The van der Waals surface area contributed by atoms with Crippen LogP contribution in [0.4, 0.5) is 0 Å². The minimum Gasteiger partial charge on any atom is -0.330 e. The van der Waals surface area contributed by atoms with Gasteiger partial charge in [-0.1, -0.05) is 30.3 Å². The van der Waals surface area contributed by atoms with E-state index < -0.39 is 0 Å². The van der Waals surface area contributed by atoms with Gasteiger partial charge in [-0.2, -0.15) is 0 Å². The monoisotopic (exact) mass is 229 g/mol. The Morgan fingerprint density at radius 2 is 2.00 bits per heavy atom. The average molecular weight is 229 g/mol. The van der Waals surface area contributed by atoms with Crippen molar-refractivity contribution in [1.29, 1.82) is 0 Å². The van der Waals surface area contributed by atoms with Crippen molar-refractivity contribution in [2.45, 2.75) is 12.5 Å². The number of rotatable bonds is 4. The second-order valence-electron chi connectivity index (χ2n) is 3.90. The molecule has 2 N–H and O–H groups in total. The van der Waals surface area contributed by atoms with Gasteiger partial charge in [-0.25, -0.2) is 9.78 Å². The van der Waals surface area contributed by atoms with E-state index in [1.165, 1.54) is 6.20 Å². The van der Waals surface area contributed by atoms with Crippen molar-refractivity contribution < 1.29 is 0 Å². The van der Waals surface area contributed by atoms with Crippen LogP contribution >= 0.6 is 0 Å². The van der Waals surface area contributed by atoms with E-state index in [0.717, 1.165) is 5.56 Å². The molecule has 0 amide bonds. The highest BCUT2D eigenvalue weighted by molar-refractivity contribution is 5.19. The molecule has 1 atom stereocenters. The smallest absolute Gasteiger partial charge is 0.330 e. The van der Waals surface area contributed by atoms with Gasteiger partial charge in [-0.05, 0) is 11.6 Å². The van der Waals surface area contributed by atoms with Crippen LogP contribution < -0.4 is 11.4 Å². The molecule has 0 saturated heterocycles. The summed E-state index contributed by atoms with van der Waals surface area (Å²) in [5.41, 5.74) is 6.68. The van der Waals surface area contributed by atoms with E-state index in [9.17, 15) is 4.79 Å². The number of hydrogen-bond donors (Lipinski definition) is 1. The summed E-state index contributed by atoms with van der Waals surface area (Å²) in [6.07, 6.45) is 3.24.